The summed E-state index contributed by atoms with van der Waals surface area (Å²) in [7, 11) is 0. The summed E-state index contributed by atoms with van der Waals surface area (Å²) in [5.41, 5.74) is 3.98. The quantitative estimate of drug-likeness (QED) is 0.476. The number of nitrogens with zero attached hydrogens (tertiary/aromatic N) is 3. The van der Waals surface area contributed by atoms with E-state index in [1.165, 1.54) is 53.4 Å². The van der Waals surface area contributed by atoms with E-state index in [1.54, 1.807) is 11.8 Å². The van der Waals surface area contributed by atoms with Gasteiger partial charge < -0.3 is 10.5 Å². The van der Waals surface area contributed by atoms with Gasteiger partial charge in [0, 0.05) is 31.6 Å². The minimum atomic E-state index is -2.89. The van der Waals surface area contributed by atoms with Crippen molar-refractivity contribution in [3.05, 3.63) is 58.6 Å². The third-order valence-electron chi connectivity index (χ3n) is 6.65. The summed E-state index contributed by atoms with van der Waals surface area (Å²) < 4.78 is 30.9. The van der Waals surface area contributed by atoms with Crippen LogP contribution in [0.3, 0.4) is 0 Å². The van der Waals surface area contributed by atoms with Crippen LogP contribution in [0.15, 0.2) is 36.7 Å². The van der Waals surface area contributed by atoms with Crippen molar-refractivity contribution >= 4 is 32.6 Å². The number of halogens is 2. The number of aryl methyl sites for hydroxylation is 2. The van der Waals surface area contributed by atoms with Gasteiger partial charge in [0.2, 0.25) is 5.91 Å². The van der Waals surface area contributed by atoms with Gasteiger partial charge in [-0.3, -0.25) is 9.69 Å². The number of anilines is 1. The molecule has 2 aliphatic rings. The molecule has 5 rings (SSSR count). The molecule has 2 aromatic heterocycles. The number of rotatable bonds is 4. The fourth-order valence-electron chi connectivity index (χ4n) is 4.71. The lowest BCUT2D eigenvalue weighted by Crippen LogP contribution is -2.52. The van der Waals surface area contributed by atoms with Crippen LogP contribution in [0.5, 0.6) is 0 Å². The number of hydrogen-bond acceptors (Lipinski definition) is 5. The average molecular weight is 459 g/mol. The lowest BCUT2D eigenvalue weighted by atomic mass is 9.87. The Morgan fingerprint density at radius 1 is 1.31 bits per heavy atom. The molecule has 168 valence electrons. The SMILES string of the molecule is C[C@@H](C(=O)Nc1nc2cc3c(cc2s1)CCC3)N1CCC(F)(F)[C@@H](c2cc[n+]([O-])cc2)C1. The van der Waals surface area contributed by atoms with Crippen LogP contribution in [0.2, 0.25) is 0 Å². The summed E-state index contributed by atoms with van der Waals surface area (Å²) in [5, 5.41) is 14.7. The second-order valence-corrected chi connectivity index (χ2v) is 9.71. The Morgan fingerprint density at radius 2 is 2.03 bits per heavy atom. The van der Waals surface area contributed by atoms with Gasteiger partial charge in [0.05, 0.1) is 22.2 Å². The smallest absolute Gasteiger partial charge is 0.257 e. The van der Waals surface area contributed by atoms with Crippen molar-refractivity contribution in [2.45, 2.75) is 50.5 Å². The lowest BCUT2D eigenvalue weighted by molar-refractivity contribution is -0.605. The first-order valence-corrected chi connectivity index (χ1v) is 11.7. The number of piperidine rings is 1. The summed E-state index contributed by atoms with van der Waals surface area (Å²) in [6.07, 6.45) is 5.43. The number of nitrogens with one attached hydrogen (secondary N) is 1. The van der Waals surface area contributed by atoms with E-state index in [2.05, 4.69) is 22.4 Å². The minimum Gasteiger partial charge on any atom is -0.619 e. The number of carbonyl (C=O) groups is 1. The van der Waals surface area contributed by atoms with Crippen LogP contribution < -0.4 is 10.0 Å². The zero-order chi connectivity index (χ0) is 22.5. The maximum atomic E-state index is 14.6. The molecule has 3 heterocycles. The third-order valence-corrected chi connectivity index (χ3v) is 7.58. The van der Waals surface area contributed by atoms with E-state index in [1.807, 2.05) is 0 Å². The molecule has 3 aromatic rings. The number of fused-ring (bicyclic) bond motifs is 2. The maximum Gasteiger partial charge on any atom is 0.257 e. The second kappa shape index (κ2) is 8.04. The van der Waals surface area contributed by atoms with Crippen molar-refractivity contribution in [3.63, 3.8) is 0 Å². The molecule has 0 bridgehead atoms. The Bertz CT molecular complexity index is 1120. The Morgan fingerprint density at radius 3 is 2.78 bits per heavy atom. The monoisotopic (exact) mass is 458 g/mol. The first-order chi connectivity index (χ1) is 15.3. The van der Waals surface area contributed by atoms with Gasteiger partial charge in [-0.2, -0.15) is 4.73 Å². The Balaban J connectivity index is 1.30. The highest BCUT2D eigenvalue weighted by atomic mass is 32.1. The molecule has 2 atom stereocenters. The van der Waals surface area contributed by atoms with Crippen LogP contribution in [-0.2, 0) is 17.6 Å². The Labute approximate surface area is 188 Å². The molecule has 1 aromatic carbocycles. The summed E-state index contributed by atoms with van der Waals surface area (Å²) in [6, 6.07) is 6.54. The lowest BCUT2D eigenvalue weighted by Gasteiger charge is -2.40. The van der Waals surface area contributed by atoms with E-state index in [-0.39, 0.29) is 25.4 Å². The predicted molar refractivity (Wildman–Crippen MR) is 119 cm³/mol. The fraction of sp³-hybridized carbons (Fsp3) is 0.435. The molecule has 1 aliphatic carbocycles. The van der Waals surface area contributed by atoms with Gasteiger partial charge >= 0.3 is 0 Å². The standard InChI is InChI=1S/C23H24F2N4O2S/c1-14(28-10-7-23(24,25)18(13-28)15-5-8-29(31)9-6-15)21(30)27-22-26-19-11-16-3-2-4-17(16)12-20(19)32-22/h5-6,8-9,11-12,14,18H,2-4,7,10,13H2,1H3,(H,26,27,30)/t14-,18+/m0/s1. The fourth-order valence-corrected chi connectivity index (χ4v) is 5.62. The van der Waals surface area contributed by atoms with E-state index in [0.717, 1.165) is 23.1 Å². The highest BCUT2D eigenvalue weighted by molar-refractivity contribution is 7.22. The first kappa shape index (κ1) is 21.2. The number of benzene rings is 1. The molecular weight excluding hydrogens is 434 g/mol. The number of likely N-dealkylation sites (tertiary alicyclic amines) is 1. The van der Waals surface area contributed by atoms with Crippen molar-refractivity contribution in [1.82, 2.24) is 9.88 Å². The molecule has 0 spiro atoms. The number of aromatic nitrogens is 2. The van der Waals surface area contributed by atoms with E-state index in [4.69, 9.17) is 0 Å². The van der Waals surface area contributed by atoms with Crippen molar-refractivity contribution in [2.75, 3.05) is 18.4 Å². The van der Waals surface area contributed by atoms with Gasteiger partial charge in [-0.1, -0.05) is 11.3 Å². The van der Waals surface area contributed by atoms with E-state index < -0.39 is 17.9 Å². The molecule has 9 heteroatoms. The van der Waals surface area contributed by atoms with Gasteiger partial charge in [-0.25, -0.2) is 13.8 Å². The zero-order valence-electron chi connectivity index (χ0n) is 17.7. The molecule has 0 saturated carbocycles. The highest BCUT2D eigenvalue weighted by Gasteiger charge is 2.46. The van der Waals surface area contributed by atoms with Gasteiger partial charge in [0.25, 0.3) is 5.92 Å². The molecule has 1 N–H and O–H groups in total. The molecule has 6 nitrogen and oxygen atoms in total. The van der Waals surface area contributed by atoms with Crippen LogP contribution >= 0.6 is 11.3 Å². The molecular formula is C23H24F2N4O2S. The number of alkyl halides is 2. The summed E-state index contributed by atoms with van der Waals surface area (Å²) in [6.45, 7) is 1.89. The molecule has 1 fully saturated rings. The summed E-state index contributed by atoms with van der Waals surface area (Å²) >= 11 is 1.44. The second-order valence-electron chi connectivity index (χ2n) is 8.68. The van der Waals surface area contributed by atoms with Crippen molar-refractivity contribution in [3.8, 4) is 0 Å². The van der Waals surface area contributed by atoms with Crippen molar-refractivity contribution in [1.29, 1.82) is 0 Å². The summed E-state index contributed by atoms with van der Waals surface area (Å²) in [4.78, 5) is 19.3. The van der Waals surface area contributed by atoms with Crippen LogP contribution in [0.1, 0.15) is 42.4 Å². The summed E-state index contributed by atoms with van der Waals surface area (Å²) in [5.74, 6) is -4.22. The molecule has 1 aliphatic heterocycles. The van der Waals surface area contributed by atoms with Crippen LogP contribution in [-0.4, -0.2) is 40.8 Å². The molecule has 1 amide bonds. The first-order valence-electron chi connectivity index (χ1n) is 10.8. The van der Waals surface area contributed by atoms with Gasteiger partial charge in [0.1, 0.15) is 0 Å². The van der Waals surface area contributed by atoms with Crippen LogP contribution in [0.25, 0.3) is 10.2 Å². The molecule has 0 unspecified atom stereocenters. The largest absolute Gasteiger partial charge is 0.619 e. The van der Waals surface area contributed by atoms with E-state index in [9.17, 15) is 18.8 Å². The van der Waals surface area contributed by atoms with Gasteiger partial charge in [0.15, 0.2) is 17.5 Å². The third kappa shape index (κ3) is 3.95. The molecule has 0 radical (unpaired) electrons. The minimum absolute atomic E-state index is 0.0387. The average Bonchev–Trinajstić information content (AvgIpc) is 3.37. The molecule has 1 saturated heterocycles. The normalized spacial score (nSPS) is 21.4. The number of hydrogen-bond donors (Lipinski definition) is 1. The number of amides is 1. The Kier molecular flexibility index (Phi) is 5.33. The van der Waals surface area contributed by atoms with Crippen molar-refractivity contribution < 1.29 is 18.3 Å². The van der Waals surface area contributed by atoms with Crippen LogP contribution in [0, 0.1) is 5.21 Å². The number of pyridine rings is 1. The predicted octanol–water partition coefficient (Wildman–Crippen LogP) is 3.87. The number of carbonyl (C=O) groups excluding carboxylic acids is 1. The van der Waals surface area contributed by atoms with Gasteiger partial charge in [-0.15, -0.1) is 0 Å². The van der Waals surface area contributed by atoms with E-state index >= 15 is 0 Å². The van der Waals surface area contributed by atoms with Crippen LogP contribution in [0.4, 0.5) is 13.9 Å². The topological polar surface area (TPSA) is 72.2 Å². The Hall–Kier alpha value is -2.65. The number of thiazole rings is 1. The van der Waals surface area contributed by atoms with Crippen molar-refractivity contribution in [2.24, 2.45) is 0 Å². The zero-order valence-corrected chi connectivity index (χ0v) is 18.5. The van der Waals surface area contributed by atoms with E-state index in [0.29, 0.717) is 15.4 Å². The van der Waals surface area contributed by atoms with Gasteiger partial charge in [-0.05, 0) is 55.0 Å². The maximum absolute atomic E-state index is 14.6. The molecule has 32 heavy (non-hydrogen) atoms. The highest BCUT2D eigenvalue weighted by Crippen LogP contribution is 2.40.